The number of rotatable bonds is 5. The topological polar surface area (TPSA) is 125 Å². The number of hydrogen-bond acceptors (Lipinski definition) is 8. The van der Waals surface area contributed by atoms with E-state index in [0.717, 1.165) is 0 Å². The van der Waals surface area contributed by atoms with Gasteiger partial charge in [-0.2, -0.15) is 0 Å². The standard InChI is InChI=1S/C14H14O9/c1-4(2)13(18)20-3-5(15)21-10-8-6(12(16)17)7-9(22-8)11(10)23-14(7)19/h6-11H,1,3H2,2H3,(H,16,17). The molecular formula is C14H14O9. The van der Waals surface area contributed by atoms with Gasteiger partial charge in [0.15, 0.2) is 18.8 Å². The number of carboxylic acid groups (broad SMARTS) is 1. The van der Waals surface area contributed by atoms with Gasteiger partial charge in [-0.15, -0.1) is 0 Å². The zero-order valence-electron chi connectivity index (χ0n) is 12.1. The Hall–Kier alpha value is -2.42. The molecule has 0 radical (unpaired) electrons. The van der Waals surface area contributed by atoms with Gasteiger partial charge in [0.25, 0.3) is 0 Å². The number of carboxylic acids is 1. The summed E-state index contributed by atoms with van der Waals surface area (Å²) >= 11 is 0. The maximum absolute atomic E-state index is 11.8. The monoisotopic (exact) mass is 326 g/mol. The van der Waals surface area contributed by atoms with Crippen molar-refractivity contribution in [1.82, 2.24) is 0 Å². The van der Waals surface area contributed by atoms with Crippen LogP contribution in [0.2, 0.25) is 0 Å². The molecule has 0 aromatic rings. The van der Waals surface area contributed by atoms with E-state index in [9.17, 15) is 24.3 Å². The van der Waals surface area contributed by atoms with Gasteiger partial charge in [-0.05, 0) is 6.92 Å². The van der Waals surface area contributed by atoms with Crippen molar-refractivity contribution in [2.75, 3.05) is 6.61 Å². The molecule has 3 heterocycles. The van der Waals surface area contributed by atoms with E-state index < -0.39 is 66.7 Å². The van der Waals surface area contributed by atoms with Gasteiger partial charge < -0.3 is 24.1 Å². The largest absolute Gasteiger partial charge is 0.481 e. The Bertz CT molecular complexity index is 609. The molecule has 6 unspecified atom stereocenters. The summed E-state index contributed by atoms with van der Waals surface area (Å²) in [5.41, 5.74) is 0.125. The molecule has 0 aliphatic carbocycles. The van der Waals surface area contributed by atoms with E-state index in [-0.39, 0.29) is 5.57 Å². The quantitative estimate of drug-likeness (QED) is 0.386. The summed E-state index contributed by atoms with van der Waals surface area (Å²) in [5.74, 6) is -5.51. The normalized spacial score (nSPS) is 36.5. The van der Waals surface area contributed by atoms with Crippen LogP contribution >= 0.6 is 0 Å². The molecule has 124 valence electrons. The van der Waals surface area contributed by atoms with Crippen molar-refractivity contribution in [1.29, 1.82) is 0 Å². The van der Waals surface area contributed by atoms with E-state index in [0.29, 0.717) is 0 Å². The molecule has 9 nitrogen and oxygen atoms in total. The Morgan fingerprint density at radius 3 is 2.57 bits per heavy atom. The van der Waals surface area contributed by atoms with Crippen molar-refractivity contribution in [2.24, 2.45) is 11.8 Å². The second-order valence-electron chi connectivity index (χ2n) is 5.67. The number of esters is 3. The van der Waals surface area contributed by atoms with Gasteiger partial charge in [0.05, 0.1) is 0 Å². The van der Waals surface area contributed by atoms with Crippen molar-refractivity contribution < 1.29 is 43.2 Å². The van der Waals surface area contributed by atoms with Crippen molar-refractivity contribution >= 4 is 23.9 Å². The van der Waals surface area contributed by atoms with Crippen LogP contribution in [0.15, 0.2) is 12.2 Å². The molecule has 23 heavy (non-hydrogen) atoms. The predicted molar refractivity (Wildman–Crippen MR) is 68.8 cm³/mol. The van der Waals surface area contributed by atoms with Crippen LogP contribution in [0.3, 0.4) is 0 Å². The molecule has 6 atom stereocenters. The van der Waals surface area contributed by atoms with E-state index in [1.165, 1.54) is 6.92 Å². The van der Waals surface area contributed by atoms with Crippen LogP contribution < -0.4 is 0 Å². The summed E-state index contributed by atoms with van der Waals surface area (Å²) in [5, 5.41) is 9.25. The molecule has 3 aliphatic rings. The number of aliphatic carboxylic acids is 1. The van der Waals surface area contributed by atoms with E-state index in [2.05, 4.69) is 11.3 Å². The highest BCUT2D eigenvalue weighted by Gasteiger charge is 2.71. The Labute approximate surface area is 130 Å². The molecular weight excluding hydrogens is 312 g/mol. The van der Waals surface area contributed by atoms with Crippen molar-refractivity contribution in [3.63, 3.8) is 0 Å². The Balaban J connectivity index is 1.66. The second-order valence-corrected chi connectivity index (χ2v) is 5.67. The number of hydrogen-bond donors (Lipinski definition) is 1. The van der Waals surface area contributed by atoms with Crippen LogP contribution in [0, 0.1) is 11.8 Å². The van der Waals surface area contributed by atoms with Gasteiger partial charge in [-0.3, -0.25) is 9.59 Å². The van der Waals surface area contributed by atoms with Crippen LogP contribution in [0.4, 0.5) is 0 Å². The molecule has 0 aromatic heterocycles. The fourth-order valence-electron chi connectivity index (χ4n) is 3.19. The lowest BCUT2D eigenvalue weighted by Crippen LogP contribution is -2.47. The highest BCUT2D eigenvalue weighted by Crippen LogP contribution is 2.51. The van der Waals surface area contributed by atoms with Crippen molar-refractivity contribution in [3.05, 3.63) is 12.2 Å². The first kappa shape index (κ1) is 15.5. The smallest absolute Gasteiger partial charge is 0.344 e. The van der Waals surface area contributed by atoms with Crippen LogP contribution in [0.5, 0.6) is 0 Å². The summed E-state index contributed by atoms with van der Waals surface area (Å²) in [6.45, 7) is 4.14. The lowest BCUT2D eigenvalue weighted by Gasteiger charge is -2.25. The van der Waals surface area contributed by atoms with Crippen molar-refractivity contribution in [2.45, 2.75) is 31.3 Å². The van der Waals surface area contributed by atoms with Gasteiger partial charge in [0.2, 0.25) is 0 Å². The minimum absolute atomic E-state index is 0.125. The number of fused-ring (bicyclic) bond motifs is 1. The molecule has 3 aliphatic heterocycles. The molecule has 0 spiro atoms. The van der Waals surface area contributed by atoms with Gasteiger partial charge in [-0.1, -0.05) is 6.58 Å². The number of ether oxygens (including phenoxy) is 4. The third-order valence-corrected chi connectivity index (χ3v) is 4.13. The van der Waals surface area contributed by atoms with Crippen LogP contribution in [-0.4, -0.2) is 60.0 Å². The number of carbonyl (C=O) groups excluding carboxylic acids is 3. The van der Waals surface area contributed by atoms with Crippen LogP contribution in [-0.2, 0) is 38.1 Å². The zero-order chi connectivity index (χ0) is 16.9. The van der Waals surface area contributed by atoms with E-state index in [4.69, 9.17) is 14.2 Å². The van der Waals surface area contributed by atoms with Gasteiger partial charge >= 0.3 is 23.9 Å². The Morgan fingerprint density at radius 1 is 1.26 bits per heavy atom. The second kappa shape index (κ2) is 5.34. The summed E-state index contributed by atoms with van der Waals surface area (Å²) in [7, 11) is 0. The SMILES string of the molecule is C=C(C)C(=O)OCC(=O)OC1C2OC(=O)C3C2OC1C3C(=O)O. The predicted octanol–water partition coefficient (Wildman–Crippen LogP) is -0.959. The molecule has 3 fully saturated rings. The van der Waals surface area contributed by atoms with Crippen LogP contribution in [0.25, 0.3) is 0 Å². The molecule has 2 bridgehead atoms. The average Bonchev–Trinajstić information content (AvgIpc) is 3.07. The summed E-state index contributed by atoms with van der Waals surface area (Å²) in [6.07, 6.45) is -3.54. The summed E-state index contributed by atoms with van der Waals surface area (Å²) in [4.78, 5) is 46.1. The first-order valence-electron chi connectivity index (χ1n) is 6.92. The van der Waals surface area contributed by atoms with Gasteiger partial charge in [-0.25, -0.2) is 9.59 Å². The summed E-state index contributed by atoms with van der Waals surface area (Å²) in [6, 6.07) is 0. The first-order valence-corrected chi connectivity index (χ1v) is 6.92. The summed E-state index contributed by atoms with van der Waals surface area (Å²) < 4.78 is 20.3. The third kappa shape index (κ3) is 2.37. The van der Waals surface area contributed by atoms with E-state index >= 15 is 0 Å². The number of carbonyl (C=O) groups is 4. The lowest BCUT2D eigenvalue weighted by atomic mass is 9.78. The Morgan fingerprint density at radius 2 is 1.96 bits per heavy atom. The Kier molecular flexibility index (Phi) is 3.59. The molecule has 3 rings (SSSR count). The fourth-order valence-corrected chi connectivity index (χ4v) is 3.19. The third-order valence-electron chi connectivity index (χ3n) is 4.13. The zero-order valence-corrected chi connectivity index (χ0v) is 12.1. The highest BCUT2D eigenvalue weighted by atomic mass is 16.7. The maximum atomic E-state index is 11.8. The lowest BCUT2D eigenvalue weighted by molar-refractivity contribution is -0.169. The molecule has 0 aromatic carbocycles. The highest BCUT2D eigenvalue weighted by molar-refractivity contribution is 5.89. The minimum atomic E-state index is -1.21. The molecule has 1 N–H and O–H groups in total. The molecule has 0 saturated carbocycles. The molecule has 3 saturated heterocycles. The van der Waals surface area contributed by atoms with Gasteiger partial charge in [0.1, 0.15) is 24.0 Å². The average molecular weight is 326 g/mol. The minimum Gasteiger partial charge on any atom is -0.481 e. The van der Waals surface area contributed by atoms with Gasteiger partial charge in [0, 0.05) is 5.57 Å². The maximum Gasteiger partial charge on any atom is 0.344 e. The van der Waals surface area contributed by atoms with E-state index in [1.807, 2.05) is 0 Å². The molecule has 9 heteroatoms. The van der Waals surface area contributed by atoms with E-state index in [1.54, 1.807) is 0 Å². The van der Waals surface area contributed by atoms with Crippen LogP contribution in [0.1, 0.15) is 6.92 Å². The molecule has 0 amide bonds. The fraction of sp³-hybridized carbons (Fsp3) is 0.571. The van der Waals surface area contributed by atoms with Crippen molar-refractivity contribution in [3.8, 4) is 0 Å². The first-order chi connectivity index (χ1) is 10.8.